The minimum atomic E-state index is -4.07. The van der Waals surface area contributed by atoms with Crippen LogP contribution in [0.1, 0.15) is 39.0 Å². The average molecular weight is 239 g/mol. The monoisotopic (exact) mass is 239 g/mol. The smallest absolute Gasteiger partial charge is 0.377 e. The summed E-state index contributed by atoms with van der Waals surface area (Å²) in [6.45, 7) is 3.27. The summed E-state index contributed by atoms with van der Waals surface area (Å²) in [5.74, 6) is 0. The van der Waals surface area contributed by atoms with Crippen molar-refractivity contribution in [3.63, 3.8) is 0 Å². The molecule has 0 aliphatic carbocycles. The van der Waals surface area contributed by atoms with Crippen LogP contribution in [-0.4, -0.2) is 31.5 Å². The first-order valence-corrected chi connectivity index (χ1v) is 5.94. The zero-order chi connectivity index (χ0) is 12.0. The Labute approximate surface area is 94.5 Å². The highest BCUT2D eigenvalue weighted by molar-refractivity contribution is 4.80. The second kappa shape index (κ2) is 6.45. The zero-order valence-electron chi connectivity index (χ0n) is 9.65. The summed E-state index contributed by atoms with van der Waals surface area (Å²) < 4.78 is 42.0. The molecule has 0 spiro atoms. The molecule has 0 aromatic carbocycles. The van der Waals surface area contributed by atoms with Gasteiger partial charge in [-0.2, -0.15) is 13.2 Å². The molecule has 1 N–H and O–H groups in total. The largest absolute Gasteiger partial charge is 0.389 e. The van der Waals surface area contributed by atoms with Gasteiger partial charge in [0, 0.05) is 19.1 Å². The minimum Gasteiger partial charge on any atom is -0.377 e. The summed E-state index contributed by atoms with van der Waals surface area (Å²) in [4.78, 5) is 0. The van der Waals surface area contributed by atoms with E-state index in [0.29, 0.717) is 13.2 Å². The predicted molar refractivity (Wildman–Crippen MR) is 56.3 cm³/mol. The average Bonchev–Trinajstić information content (AvgIpc) is 2.24. The highest BCUT2D eigenvalue weighted by Crippen LogP contribution is 2.25. The van der Waals surface area contributed by atoms with Gasteiger partial charge < -0.3 is 10.1 Å². The van der Waals surface area contributed by atoms with Crippen molar-refractivity contribution >= 4 is 0 Å². The van der Waals surface area contributed by atoms with Gasteiger partial charge in [0.2, 0.25) is 0 Å². The molecule has 1 heterocycles. The van der Waals surface area contributed by atoms with Crippen molar-refractivity contribution in [3.05, 3.63) is 0 Å². The highest BCUT2D eigenvalue weighted by atomic mass is 19.4. The lowest BCUT2D eigenvalue weighted by molar-refractivity contribution is -0.139. The van der Waals surface area contributed by atoms with E-state index in [-0.39, 0.29) is 18.6 Å². The Morgan fingerprint density at radius 2 is 2.12 bits per heavy atom. The third-order valence-electron chi connectivity index (χ3n) is 2.87. The standard InChI is InChI=1S/C11H20F3NO/c1-2-15-9(6-7-11(12,13)14)10-5-3-4-8-16-10/h9-10,15H,2-8H2,1H3. The van der Waals surface area contributed by atoms with E-state index in [1.807, 2.05) is 6.92 Å². The first-order chi connectivity index (χ1) is 7.53. The van der Waals surface area contributed by atoms with E-state index >= 15 is 0 Å². The van der Waals surface area contributed by atoms with Crippen molar-refractivity contribution < 1.29 is 17.9 Å². The van der Waals surface area contributed by atoms with E-state index in [0.717, 1.165) is 19.3 Å². The fourth-order valence-corrected chi connectivity index (χ4v) is 2.08. The van der Waals surface area contributed by atoms with Crippen LogP contribution in [0.5, 0.6) is 0 Å². The number of nitrogens with one attached hydrogen (secondary N) is 1. The topological polar surface area (TPSA) is 21.3 Å². The summed E-state index contributed by atoms with van der Waals surface area (Å²) in [6, 6.07) is -0.160. The van der Waals surface area contributed by atoms with E-state index in [1.54, 1.807) is 0 Å². The quantitative estimate of drug-likeness (QED) is 0.796. The van der Waals surface area contributed by atoms with Gasteiger partial charge in [-0.3, -0.25) is 0 Å². The maximum Gasteiger partial charge on any atom is 0.389 e. The summed E-state index contributed by atoms with van der Waals surface area (Å²) in [5.41, 5.74) is 0. The van der Waals surface area contributed by atoms with Crippen LogP contribution < -0.4 is 5.32 Å². The molecule has 1 fully saturated rings. The summed E-state index contributed by atoms with van der Waals surface area (Å²) >= 11 is 0. The van der Waals surface area contributed by atoms with Crippen LogP contribution in [0.4, 0.5) is 13.2 Å². The van der Waals surface area contributed by atoms with Crippen molar-refractivity contribution in [2.45, 2.75) is 57.3 Å². The number of halogens is 3. The van der Waals surface area contributed by atoms with E-state index in [9.17, 15) is 13.2 Å². The number of hydrogen-bond acceptors (Lipinski definition) is 2. The van der Waals surface area contributed by atoms with Crippen LogP contribution in [0.2, 0.25) is 0 Å². The van der Waals surface area contributed by atoms with Crippen molar-refractivity contribution in [3.8, 4) is 0 Å². The number of hydrogen-bond donors (Lipinski definition) is 1. The Bertz CT molecular complexity index is 190. The van der Waals surface area contributed by atoms with Gasteiger partial charge in [0.25, 0.3) is 0 Å². The summed E-state index contributed by atoms with van der Waals surface area (Å²) in [5, 5.41) is 3.10. The highest BCUT2D eigenvalue weighted by Gasteiger charge is 2.31. The Morgan fingerprint density at radius 1 is 1.38 bits per heavy atom. The van der Waals surface area contributed by atoms with E-state index < -0.39 is 12.6 Å². The Morgan fingerprint density at radius 3 is 2.62 bits per heavy atom. The van der Waals surface area contributed by atoms with Gasteiger partial charge >= 0.3 is 6.18 Å². The molecular formula is C11H20F3NO. The molecule has 96 valence electrons. The molecule has 16 heavy (non-hydrogen) atoms. The molecule has 1 aliphatic heterocycles. The van der Waals surface area contributed by atoms with Crippen LogP contribution in [0.15, 0.2) is 0 Å². The minimum absolute atomic E-state index is 0.0453. The van der Waals surface area contributed by atoms with Gasteiger partial charge in [-0.15, -0.1) is 0 Å². The van der Waals surface area contributed by atoms with Crippen LogP contribution in [-0.2, 0) is 4.74 Å². The number of rotatable bonds is 5. The molecule has 0 aromatic heterocycles. The van der Waals surface area contributed by atoms with E-state index in [2.05, 4.69) is 5.32 Å². The zero-order valence-corrected chi connectivity index (χ0v) is 9.65. The maximum atomic E-state index is 12.2. The molecule has 1 rings (SSSR count). The van der Waals surface area contributed by atoms with Gasteiger partial charge in [0.05, 0.1) is 6.10 Å². The number of likely N-dealkylation sites (N-methyl/N-ethyl adjacent to an activating group) is 1. The normalized spacial score (nSPS) is 24.4. The van der Waals surface area contributed by atoms with Crippen molar-refractivity contribution in [1.29, 1.82) is 0 Å². The molecule has 0 bridgehead atoms. The first kappa shape index (κ1) is 13.8. The Hall–Kier alpha value is -0.290. The van der Waals surface area contributed by atoms with Crippen LogP contribution in [0.25, 0.3) is 0 Å². The van der Waals surface area contributed by atoms with Gasteiger partial charge in [-0.05, 0) is 32.2 Å². The van der Waals surface area contributed by atoms with Crippen molar-refractivity contribution in [2.75, 3.05) is 13.2 Å². The predicted octanol–water partition coefficient (Wildman–Crippen LogP) is 2.88. The van der Waals surface area contributed by atoms with Crippen LogP contribution in [0, 0.1) is 0 Å². The number of alkyl halides is 3. The second-order valence-electron chi connectivity index (χ2n) is 4.22. The SMILES string of the molecule is CCNC(CCC(F)(F)F)C1CCCCO1. The molecule has 1 aliphatic rings. The molecule has 2 nitrogen and oxygen atoms in total. The summed E-state index contributed by atoms with van der Waals surface area (Å²) in [7, 11) is 0. The maximum absolute atomic E-state index is 12.2. The molecule has 1 saturated heterocycles. The third-order valence-corrected chi connectivity index (χ3v) is 2.87. The first-order valence-electron chi connectivity index (χ1n) is 5.94. The molecule has 5 heteroatoms. The van der Waals surface area contributed by atoms with Crippen molar-refractivity contribution in [1.82, 2.24) is 5.32 Å². The van der Waals surface area contributed by atoms with Gasteiger partial charge in [0.1, 0.15) is 0 Å². The second-order valence-corrected chi connectivity index (χ2v) is 4.22. The van der Waals surface area contributed by atoms with Gasteiger partial charge in [-0.25, -0.2) is 0 Å². The molecular weight excluding hydrogens is 219 g/mol. The summed E-state index contributed by atoms with van der Waals surface area (Å²) in [6.07, 6.45) is -1.78. The van der Waals surface area contributed by atoms with Crippen LogP contribution >= 0.6 is 0 Å². The lowest BCUT2D eigenvalue weighted by Crippen LogP contribution is -2.43. The number of ether oxygens (including phenoxy) is 1. The molecule has 2 atom stereocenters. The van der Waals surface area contributed by atoms with E-state index in [1.165, 1.54) is 0 Å². The van der Waals surface area contributed by atoms with E-state index in [4.69, 9.17) is 4.74 Å². The fourth-order valence-electron chi connectivity index (χ4n) is 2.08. The lowest BCUT2D eigenvalue weighted by atomic mass is 9.98. The Kier molecular flexibility index (Phi) is 5.55. The molecule has 0 amide bonds. The van der Waals surface area contributed by atoms with Gasteiger partial charge in [-0.1, -0.05) is 6.92 Å². The Balaban J connectivity index is 2.39. The molecule has 2 unspecified atom stereocenters. The third kappa shape index (κ3) is 5.16. The van der Waals surface area contributed by atoms with Crippen molar-refractivity contribution in [2.24, 2.45) is 0 Å². The van der Waals surface area contributed by atoms with Gasteiger partial charge in [0.15, 0.2) is 0 Å². The lowest BCUT2D eigenvalue weighted by Gasteiger charge is -2.31. The van der Waals surface area contributed by atoms with Crippen LogP contribution in [0.3, 0.4) is 0 Å². The molecule has 0 radical (unpaired) electrons. The fraction of sp³-hybridized carbons (Fsp3) is 1.00. The molecule has 0 aromatic rings. The molecule has 0 saturated carbocycles.